The van der Waals surface area contributed by atoms with Crippen LogP contribution < -0.4 is 11.1 Å². The summed E-state index contributed by atoms with van der Waals surface area (Å²) >= 11 is 1.51. The van der Waals surface area contributed by atoms with Crippen LogP contribution in [-0.4, -0.2) is 21.1 Å². The fourth-order valence-corrected chi connectivity index (χ4v) is 3.23. The van der Waals surface area contributed by atoms with Crippen molar-refractivity contribution in [1.29, 1.82) is 0 Å². The van der Waals surface area contributed by atoms with Crippen molar-refractivity contribution < 1.29 is 4.79 Å². The van der Waals surface area contributed by atoms with Crippen LogP contribution in [0.2, 0.25) is 0 Å². The minimum absolute atomic E-state index is 0.0491. The van der Waals surface area contributed by atoms with E-state index in [4.69, 9.17) is 5.73 Å². The molecule has 2 aromatic heterocycles. The van der Waals surface area contributed by atoms with Crippen LogP contribution in [0.25, 0.3) is 0 Å². The van der Waals surface area contributed by atoms with Crippen LogP contribution in [0, 0.1) is 0 Å². The molecule has 0 spiro atoms. The van der Waals surface area contributed by atoms with Crippen molar-refractivity contribution in [3.05, 3.63) is 60.0 Å². The molecular formula is C19H20N5OS. The van der Waals surface area contributed by atoms with Gasteiger partial charge in [-0.15, -0.1) is 0 Å². The summed E-state index contributed by atoms with van der Waals surface area (Å²) < 4.78 is 0. The summed E-state index contributed by atoms with van der Waals surface area (Å²) in [5, 5.41) is 10.7. The van der Waals surface area contributed by atoms with Gasteiger partial charge in [-0.2, -0.15) is 5.10 Å². The van der Waals surface area contributed by atoms with Crippen LogP contribution in [0.4, 0.5) is 11.5 Å². The van der Waals surface area contributed by atoms with E-state index >= 15 is 0 Å². The molecule has 1 aromatic carbocycles. The van der Waals surface area contributed by atoms with Crippen molar-refractivity contribution >= 4 is 29.2 Å². The Morgan fingerprint density at radius 1 is 1.15 bits per heavy atom. The third kappa shape index (κ3) is 4.23. The fourth-order valence-electron chi connectivity index (χ4n) is 2.30. The van der Waals surface area contributed by atoms with Gasteiger partial charge in [0.1, 0.15) is 5.82 Å². The van der Waals surface area contributed by atoms with Crippen LogP contribution in [0.5, 0.6) is 0 Å². The number of aromatic amines is 1. The lowest BCUT2D eigenvalue weighted by atomic mass is 9.92. The van der Waals surface area contributed by atoms with Gasteiger partial charge in [-0.3, -0.25) is 20.6 Å². The molecule has 1 radical (unpaired) electrons. The highest BCUT2D eigenvalue weighted by molar-refractivity contribution is 7.99. The first-order valence-corrected chi connectivity index (χ1v) is 8.95. The average Bonchev–Trinajstić information content (AvgIpc) is 3.06. The Bertz CT molecular complexity index is 915. The molecule has 0 fully saturated rings. The quantitative estimate of drug-likeness (QED) is 0.697. The van der Waals surface area contributed by atoms with Crippen LogP contribution in [0.3, 0.4) is 0 Å². The Balaban J connectivity index is 1.92. The monoisotopic (exact) mass is 366 g/mol. The number of anilines is 2. The first-order chi connectivity index (χ1) is 12.3. The highest BCUT2D eigenvalue weighted by atomic mass is 32.2. The standard InChI is InChI=1S/C19H20N5OS/c1-19(2,3)16-11-17(24-23-16)22-14-5-4-12(18(20)25)10-15(14)26-13-6-8-21-9-7-13/h4-11,20H,1-3H3,(H2,22,23,24). The lowest BCUT2D eigenvalue weighted by Crippen LogP contribution is -2.11. The van der Waals surface area contributed by atoms with Crippen molar-refractivity contribution in [3.8, 4) is 0 Å². The Morgan fingerprint density at radius 2 is 1.88 bits per heavy atom. The molecule has 0 aliphatic heterocycles. The maximum absolute atomic E-state index is 11.4. The van der Waals surface area contributed by atoms with Crippen LogP contribution in [0.1, 0.15) is 36.8 Å². The molecule has 0 atom stereocenters. The molecule has 26 heavy (non-hydrogen) atoms. The van der Waals surface area contributed by atoms with Crippen LogP contribution in [0.15, 0.2) is 58.6 Å². The zero-order valence-electron chi connectivity index (χ0n) is 14.8. The lowest BCUT2D eigenvalue weighted by molar-refractivity contribution is 0.0992. The summed E-state index contributed by atoms with van der Waals surface area (Å²) in [6.45, 7) is 6.31. The first-order valence-electron chi connectivity index (χ1n) is 8.14. The number of amides is 1. The summed E-state index contributed by atoms with van der Waals surface area (Å²) in [6, 6.07) is 11.0. The Labute approximate surface area is 156 Å². The van der Waals surface area contributed by atoms with Gasteiger partial charge >= 0.3 is 0 Å². The molecule has 0 saturated heterocycles. The second-order valence-electron chi connectivity index (χ2n) is 6.87. The van der Waals surface area contributed by atoms with E-state index in [-0.39, 0.29) is 5.41 Å². The van der Waals surface area contributed by atoms with Gasteiger partial charge in [0, 0.05) is 39.2 Å². The van der Waals surface area contributed by atoms with Gasteiger partial charge in [-0.1, -0.05) is 32.5 Å². The molecule has 0 aliphatic rings. The van der Waals surface area contributed by atoms with Crippen molar-refractivity contribution in [2.75, 3.05) is 5.32 Å². The third-order valence-electron chi connectivity index (χ3n) is 3.74. The number of nitrogens with zero attached hydrogens (tertiary/aromatic N) is 2. The summed E-state index contributed by atoms with van der Waals surface area (Å²) in [4.78, 5) is 17.3. The molecular weight excluding hydrogens is 346 g/mol. The van der Waals surface area contributed by atoms with Gasteiger partial charge in [-0.05, 0) is 30.3 Å². The molecule has 0 unspecified atom stereocenters. The van der Waals surface area contributed by atoms with E-state index in [0.717, 1.165) is 27.0 Å². The molecule has 0 bridgehead atoms. The Kier molecular flexibility index (Phi) is 4.99. The van der Waals surface area contributed by atoms with Crippen molar-refractivity contribution in [3.63, 3.8) is 0 Å². The molecule has 3 N–H and O–H groups in total. The number of pyridine rings is 1. The highest BCUT2D eigenvalue weighted by Crippen LogP contribution is 2.35. The number of hydrogen-bond donors (Lipinski definition) is 2. The molecule has 1 amide bonds. The van der Waals surface area contributed by atoms with Gasteiger partial charge < -0.3 is 5.32 Å². The minimum atomic E-state index is -0.704. The highest BCUT2D eigenvalue weighted by Gasteiger charge is 2.18. The zero-order valence-corrected chi connectivity index (χ0v) is 15.6. The van der Waals surface area contributed by atoms with E-state index in [9.17, 15) is 4.79 Å². The summed E-state index contributed by atoms with van der Waals surface area (Å²) in [5.74, 6) is 0.0705. The predicted octanol–water partition coefficient (Wildman–Crippen LogP) is 4.42. The molecule has 7 heteroatoms. The number of aromatic nitrogens is 3. The number of nitrogens with one attached hydrogen (secondary N) is 3. The summed E-state index contributed by atoms with van der Waals surface area (Å²) in [6.07, 6.45) is 3.44. The zero-order chi connectivity index (χ0) is 18.7. The van der Waals surface area contributed by atoms with E-state index in [1.165, 1.54) is 11.8 Å². The number of benzene rings is 1. The number of carbonyl (C=O) groups excluding carboxylic acids is 1. The van der Waals surface area contributed by atoms with Crippen molar-refractivity contribution in [2.45, 2.75) is 36.0 Å². The van der Waals surface area contributed by atoms with E-state index < -0.39 is 5.91 Å². The normalized spacial score (nSPS) is 11.3. The summed E-state index contributed by atoms with van der Waals surface area (Å²) in [7, 11) is 0. The Morgan fingerprint density at radius 3 is 2.50 bits per heavy atom. The Hall–Kier alpha value is -2.80. The molecule has 2 heterocycles. The summed E-state index contributed by atoms with van der Waals surface area (Å²) in [5.41, 5.74) is 9.46. The number of rotatable bonds is 5. The smallest absolute Gasteiger partial charge is 0.269 e. The second-order valence-corrected chi connectivity index (χ2v) is 7.98. The third-order valence-corrected chi connectivity index (χ3v) is 4.80. The molecule has 0 aliphatic carbocycles. The van der Waals surface area contributed by atoms with E-state index in [1.54, 1.807) is 24.5 Å². The maximum atomic E-state index is 11.4. The van der Waals surface area contributed by atoms with Crippen molar-refractivity contribution in [1.82, 2.24) is 20.9 Å². The average molecular weight is 366 g/mol. The molecule has 6 nitrogen and oxygen atoms in total. The van der Waals surface area contributed by atoms with Crippen LogP contribution >= 0.6 is 11.8 Å². The first kappa shape index (κ1) is 18.0. The SMILES string of the molecule is CC(C)(C)c1cc(Nc2ccc(C([NH])=O)cc2Sc2ccncc2)[nH]n1. The second kappa shape index (κ2) is 7.21. The predicted molar refractivity (Wildman–Crippen MR) is 103 cm³/mol. The van der Waals surface area contributed by atoms with Crippen LogP contribution in [-0.2, 0) is 5.41 Å². The van der Waals surface area contributed by atoms with Gasteiger partial charge in [-0.25, -0.2) is 0 Å². The lowest BCUT2D eigenvalue weighted by Gasteiger charge is -2.14. The van der Waals surface area contributed by atoms with E-state index in [1.807, 2.05) is 24.3 Å². The number of hydrogen-bond acceptors (Lipinski definition) is 5. The van der Waals surface area contributed by atoms with E-state index in [2.05, 4.69) is 41.3 Å². The molecule has 3 aromatic rings. The minimum Gasteiger partial charge on any atom is -0.340 e. The van der Waals surface area contributed by atoms with Gasteiger partial charge in [0.2, 0.25) is 0 Å². The largest absolute Gasteiger partial charge is 0.340 e. The number of carbonyl (C=O) groups is 1. The topological polar surface area (TPSA) is 94.5 Å². The molecule has 0 saturated carbocycles. The fraction of sp³-hybridized carbons (Fsp3) is 0.211. The van der Waals surface area contributed by atoms with E-state index in [0.29, 0.717) is 5.56 Å². The van der Waals surface area contributed by atoms with Gasteiger partial charge in [0.15, 0.2) is 0 Å². The molecule has 3 rings (SSSR count). The van der Waals surface area contributed by atoms with Crippen molar-refractivity contribution in [2.24, 2.45) is 0 Å². The van der Waals surface area contributed by atoms with Gasteiger partial charge in [0.25, 0.3) is 5.91 Å². The molecule has 133 valence electrons. The number of H-pyrrole nitrogens is 1. The van der Waals surface area contributed by atoms with Gasteiger partial charge in [0.05, 0.1) is 11.4 Å². The maximum Gasteiger partial charge on any atom is 0.269 e.